The third kappa shape index (κ3) is 1.34. The molecule has 0 bridgehead atoms. The Kier molecular flexibility index (Phi) is 2.15. The van der Waals surface area contributed by atoms with E-state index in [4.69, 9.17) is 5.73 Å². The highest BCUT2D eigenvalue weighted by atomic mass is 32.1. The van der Waals surface area contributed by atoms with Crippen LogP contribution in [0.15, 0.2) is 24.5 Å². The standard InChI is InChI=1S/C12H14N2S/c13-8-10-9-4-3-5-11(9)15-12(10)14-6-1-2-7-14/h1-2,6-7H,3-5,8,13H2. The Morgan fingerprint density at radius 3 is 2.80 bits per heavy atom. The van der Waals surface area contributed by atoms with E-state index in [-0.39, 0.29) is 0 Å². The van der Waals surface area contributed by atoms with Crippen LogP contribution in [0.5, 0.6) is 0 Å². The summed E-state index contributed by atoms with van der Waals surface area (Å²) in [7, 11) is 0. The van der Waals surface area contributed by atoms with Crippen molar-refractivity contribution >= 4 is 11.3 Å². The predicted molar refractivity (Wildman–Crippen MR) is 63.6 cm³/mol. The SMILES string of the molecule is NCc1c(-n2cccc2)sc2c1CCC2. The lowest BCUT2D eigenvalue weighted by Crippen LogP contribution is -2.02. The average molecular weight is 218 g/mol. The number of aryl methyl sites for hydroxylation is 1. The molecule has 2 aromatic rings. The summed E-state index contributed by atoms with van der Waals surface area (Å²) >= 11 is 1.91. The molecule has 3 rings (SSSR count). The van der Waals surface area contributed by atoms with Gasteiger partial charge in [0.15, 0.2) is 0 Å². The van der Waals surface area contributed by atoms with E-state index in [1.54, 1.807) is 4.88 Å². The number of hydrogen-bond acceptors (Lipinski definition) is 2. The smallest absolute Gasteiger partial charge is 0.104 e. The van der Waals surface area contributed by atoms with Crippen LogP contribution in [0, 0.1) is 0 Å². The molecule has 2 N–H and O–H groups in total. The normalized spacial score (nSPS) is 14.5. The number of rotatable bonds is 2. The van der Waals surface area contributed by atoms with Crippen LogP contribution in [0.1, 0.15) is 22.4 Å². The summed E-state index contributed by atoms with van der Waals surface area (Å²) in [4.78, 5) is 1.55. The molecule has 0 fully saturated rings. The van der Waals surface area contributed by atoms with E-state index in [1.807, 2.05) is 11.3 Å². The fraction of sp³-hybridized carbons (Fsp3) is 0.333. The molecule has 0 spiro atoms. The minimum atomic E-state index is 0.666. The molecule has 2 aromatic heterocycles. The zero-order chi connectivity index (χ0) is 10.3. The second-order valence-electron chi connectivity index (χ2n) is 3.94. The molecule has 0 radical (unpaired) electrons. The van der Waals surface area contributed by atoms with E-state index in [1.165, 1.54) is 35.4 Å². The molecule has 2 heterocycles. The van der Waals surface area contributed by atoms with Gasteiger partial charge in [0.05, 0.1) is 0 Å². The van der Waals surface area contributed by atoms with Gasteiger partial charge in [-0.25, -0.2) is 0 Å². The number of aromatic nitrogens is 1. The van der Waals surface area contributed by atoms with Crippen molar-refractivity contribution in [3.8, 4) is 5.00 Å². The van der Waals surface area contributed by atoms with Crippen LogP contribution in [0.3, 0.4) is 0 Å². The lowest BCUT2D eigenvalue weighted by Gasteiger charge is -2.04. The summed E-state index contributed by atoms with van der Waals surface area (Å²) in [5.74, 6) is 0. The highest BCUT2D eigenvalue weighted by molar-refractivity contribution is 7.15. The maximum absolute atomic E-state index is 5.87. The molecule has 1 aliphatic rings. The van der Waals surface area contributed by atoms with Gasteiger partial charge in [-0.1, -0.05) is 0 Å². The van der Waals surface area contributed by atoms with Crippen LogP contribution in [0.25, 0.3) is 5.00 Å². The second-order valence-corrected chi connectivity index (χ2v) is 5.02. The van der Waals surface area contributed by atoms with Gasteiger partial charge in [0.2, 0.25) is 0 Å². The monoisotopic (exact) mass is 218 g/mol. The predicted octanol–water partition coefficient (Wildman–Crippen LogP) is 2.49. The summed E-state index contributed by atoms with van der Waals surface area (Å²) in [5, 5.41) is 1.33. The van der Waals surface area contributed by atoms with E-state index in [2.05, 4.69) is 29.1 Å². The molecule has 1 aliphatic carbocycles. The molecule has 0 aliphatic heterocycles. The molecule has 0 amide bonds. The molecule has 0 unspecified atom stereocenters. The van der Waals surface area contributed by atoms with E-state index in [0.29, 0.717) is 6.54 Å². The van der Waals surface area contributed by atoms with Gasteiger partial charge in [-0.2, -0.15) is 0 Å². The molecule has 0 aromatic carbocycles. The van der Waals surface area contributed by atoms with Crippen molar-refractivity contribution < 1.29 is 0 Å². The Morgan fingerprint density at radius 1 is 1.27 bits per heavy atom. The van der Waals surface area contributed by atoms with E-state index < -0.39 is 0 Å². The molecule has 0 saturated heterocycles. The van der Waals surface area contributed by atoms with Gasteiger partial charge < -0.3 is 10.3 Å². The maximum Gasteiger partial charge on any atom is 0.104 e. The molecular formula is C12H14N2S. The minimum absolute atomic E-state index is 0.666. The fourth-order valence-electron chi connectivity index (χ4n) is 2.34. The number of hydrogen-bond donors (Lipinski definition) is 1. The minimum Gasteiger partial charge on any atom is -0.326 e. The number of nitrogens with zero attached hydrogens (tertiary/aromatic N) is 1. The molecule has 2 nitrogen and oxygen atoms in total. The third-order valence-electron chi connectivity index (χ3n) is 3.05. The average Bonchev–Trinajstić information content (AvgIpc) is 2.93. The van der Waals surface area contributed by atoms with Crippen molar-refractivity contribution in [3.05, 3.63) is 40.5 Å². The van der Waals surface area contributed by atoms with Gasteiger partial charge in [0, 0.05) is 29.4 Å². The van der Waals surface area contributed by atoms with Crippen LogP contribution in [-0.2, 0) is 19.4 Å². The van der Waals surface area contributed by atoms with Gasteiger partial charge in [0.1, 0.15) is 5.00 Å². The molecular weight excluding hydrogens is 204 g/mol. The van der Waals surface area contributed by atoms with Gasteiger partial charge in [0.25, 0.3) is 0 Å². The summed E-state index contributed by atoms with van der Waals surface area (Å²) in [5.41, 5.74) is 8.77. The lowest BCUT2D eigenvalue weighted by molar-refractivity contribution is 0.898. The van der Waals surface area contributed by atoms with Crippen molar-refractivity contribution in [1.82, 2.24) is 4.57 Å². The second kappa shape index (κ2) is 3.51. The van der Waals surface area contributed by atoms with Crippen LogP contribution in [0.2, 0.25) is 0 Å². The van der Waals surface area contributed by atoms with Crippen molar-refractivity contribution in [2.24, 2.45) is 5.73 Å². The lowest BCUT2D eigenvalue weighted by atomic mass is 10.1. The Bertz CT molecular complexity index is 468. The Labute approximate surface area is 93.3 Å². The topological polar surface area (TPSA) is 30.9 Å². The first-order valence-corrected chi connectivity index (χ1v) is 6.18. The molecule has 15 heavy (non-hydrogen) atoms. The Morgan fingerprint density at radius 2 is 2.07 bits per heavy atom. The maximum atomic E-state index is 5.87. The van der Waals surface area contributed by atoms with Gasteiger partial charge in [-0.15, -0.1) is 11.3 Å². The Balaban J connectivity index is 2.16. The van der Waals surface area contributed by atoms with Gasteiger partial charge in [-0.05, 0) is 37.0 Å². The van der Waals surface area contributed by atoms with Crippen molar-refractivity contribution in [1.29, 1.82) is 0 Å². The number of nitrogens with two attached hydrogens (primary N) is 1. The largest absolute Gasteiger partial charge is 0.326 e. The highest BCUT2D eigenvalue weighted by Gasteiger charge is 2.21. The Hall–Kier alpha value is -1.06. The first-order chi connectivity index (χ1) is 7.40. The van der Waals surface area contributed by atoms with Crippen LogP contribution in [-0.4, -0.2) is 4.57 Å². The van der Waals surface area contributed by atoms with E-state index in [9.17, 15) is 0 Å². The summed E-state index contributed by atoms with van der Waals surface area (Å²) < 4.78 is 2.19. The zero-order valence-electron chi connectivity index (χ0n) is 8.57. The quantitative estimate of drug-likeness (QED) is 0.825. The molecule has 3 heteroatoms. The van der Waals surface area contributed by atoms with Crippen molar-refractivity contribution in [2.75, 3.05) is 0 Å². The number of thiophene rings is 1. The van der Waals surface area contributed by atoms with Gasteiger partial charge in [-0.3, -0.25) is 0 Å². The first-order valence-electron chi connectivity index (χ1n) is 5.37. The van der Waals surface area contributed by atoms with Gasteiger partial charge >= 0.3 is 0 Å². The highest BCUT2D eigenvalue weighted by Crippen LogP contribution is 2.37. The van der Waals surface area contributed by atoms with Crippen LogP contribution in [0.4, 0.5) is 0 Å². The molecule has 0 atom stereocenters. The molecule has 0 saturated carbocycles. The number of fused-ring (bicyclic) bond motifs is 1. The van der Waals surface area contributed by atoms with Crippen molar-refractivity contribution in [2.45, 2.75) is 25.8 Å². The molecule has 78 valence electrons. The summed E-state index contributed by atoms with van der Waals surface area (Å²) in [6, 6.07) is 4.12. The van der Waals surface area contributed by atoms with E-state index >= 15 is 0 Å². The fourth-order valence-corrected chi connectivity index (χ4v) is 3.73. The zero-order valence-corrected chi connectivity index (χ0v) is 9.39. The first kappa shape index (κ1) is 9.19. The summed E-state index contributed by atoms with van der Waals surface area (Å²) in [6.45, 7) is 0.666. The van der Waals surface area contributed by atoms with Crippen LogP contribution >= 0.6 is 11.3 Å². The van der Waals surface area contributed by atoms with Crippen molar-refractivity contribution in [3.63, 3.8) is 0 Å². The van der Waals surface area contributed by atoms with E-state index in [0.717, 1.165) is 0 Å². The summed E-state index contributed by atoms with van der Waals surface area (Å²) in [6.07, 6.45) is 7.97. The third-order valence-corrected chi connectivity index (χ3v) is 4.40. The van der Waals surface area contributed by atoms with Crippen LogP contribution < -0.4 is 5.73 Å².